The van der Waals surface area contributed by atoms with Crippen LogP contribution < -0.4 is 42.5 Å². The van der Waals surface area contributed by atoms with Crippen molar-refractivity contribution in [3.8, 4) is 31.7 Å². The number of rotatable bonds is 15. The Balaban J connectivity index is 0.000000166. The molecule has 142 heavy (non-hydrogen) atoms. The van der Waals surface area contributed by atoms with Crippen LogP contribution in [-0.2, 0) is 58.6 Å². The van der Waals surface area contributed by atoms with Gasteiger partial charge in [0.05, 0.1) is 93.7 Å². The Kier molecular flexibility index (Phi) is 34.1. The van der Waals surface area contributed by atoms with Gasteiger partial charge in [0.1, 0.15) is 26.2 Å². The summed E-state index contributed by atoms with van der Waals surface area (Å²) in [5.74, 6) is -4.14. The number of sulfone groups is 3. The monoisotopic (exact) mass is 2100 g/mol. The zero-order chi connectivity index (χ0) is 101. The molecule has 0 saturated carbocycles. The molecule has 3 fully saturated rings. The molecule has 0 atom stereocenters. The van der Waals surface area contributed by atoms with Gasteiger partial charge in [0.15, 0.2) is 0 Å². The largest absolute Gasteiger partial charge is 0.478 e. The molecule has 6 aliphatic rings. The van der Waals surface area contributed by atoms with Crippen LogP contribution in [0.5, 0.6) is 0 Å². The lowest BCUT2D eigenvalue weighted by molar-refractivity contribution is 0.0140. The number of carbonyl (C=O) groups is 11. The van der Waals surface area contributed by atoms with Gasteiger partial charge >= 0.3 is 18.2 Å². The second-order valence-electron chi connectivity index (χ2n) is 34.1. The maximum absolute atomic E-state index is 13.2. The molecule has 9 aromatic carbocycles. The first-order valence-corrected chi connectivity index (χ1v) is 51.9. The van der Waals surface area contributed by atoms with Crippen molar-refractivity contribution in [1.82, 2.24) is 61.1 Å². The summed E-state index contributed by atoms with van der Waals surface area (Å²) in [4.78, 5) is 159. The first-order valence-electron chi connectivity index (χ1n) is 44.0. The summed E-state index contributed by atoms with van der Waals surface area (Å²) < 4.78 is 89.7. The number of anilines is 3. The topological polar surface area (TPSA) is 477 Å². The molecule has 9 heterocycles. The summed E-state index contributed by atoms with van der Waals surface area (Å²) in [6.07, 6.45) is 4.38. The Morgan fingerprint density at radius 3 is 0.930 bits per heavy atom. The molecule has 35 nitrogen and oxygen atoms in total. The summed E-state index contributed by atoms with van der Waals surface area (Å²) in [5, 5.41) is 34.0. The van der Waals surface area contributed by atoms with Gasteiger partial charge in [-0.15, -0.1) is 69.6 Å². The third kappa shape index (κ3) is 25.6. The number of ether oxygens (including phenoxy) is 2. The Morgan fingerprint density at radius 1 is 0.373 bits per heavy atom. The smallest absolute Gasteiger partial charge is 0.410 e. The van der Waals surface area contributed by atoms with Gasteiger partial charge in [-0.2, -0.15) is 0 Å². The second-order valence-corrected chi connectivity index (χ2v) is 43.9. The van der Waals surface area contributed by atoms with Gasteiger partial charge in [0.25, 0.3) is 47.3 Å². The Morgan fingerprint density at radius 2 is 0.634 bits per heavy atom. The highest BCUT2D eigenvalue weighted by molar-refractivity contribution is 7.92. The SMILES string of the molecule is CC(C)(C)OC(=O)N1CCN(C(=O)c2ccc(-c3ncc(CNC(=O)c4ccc5c(c4)NC(=O)c4ccccc4S5(=O)=O)s3)cc2)CC1.CC(C)(C)OC(=O)N1CCNCC1.Cl.ClCCl.O=C(NCc1cnc(-c2ccc(C(=O)N3CCNCC3)cc2)s1)c1ccc2c(c1)NC(=O)c1ccccc1S2(=O)=O.O=C(O)c1ccc(-c2ncc(CNC(=O)c3ccc4c(c3)NC(=O)c3ccccc3S4(=O)=O)s2)cc1. The number of thiazole rings is 3. The first kappa shape index (κ1) is 106. The predicted octanol–water partition coefficient (Wildman–Crippen LogP) is 14.5. The molecular formula is C98H96Cl3N15O20S6. The number of fused-ring (bicyclic) bond motifs is 6. The number of aromatic nitrogens is 3. The van der Waals surface area contributed by atoms with E-state index in [1.165, 1.54) is 137 Å². The fourth-order valence-electron chi connectivity index (χ4n) is 15.1. The highest BCUT2D eigenvalue weighted by atomic mass is 35.5. The van der Waals surface area contributed by atoms with E-state index in [4.69, 9.17) is 37.8 Å². The van der Waals surface area contributed by atoms with Crippen LogP contribution in [0.2, 0.25) is 0 Å². The van der Waals surface area contributed by atoms with Gasteiger partial charge in [0.2, 0.25) is 29.5 Å². The zero-order valence-corrected chi connectivity index (χ0v) is 84.3. The number of piperazine rings is 3. The molecule has 18 rings (SSSR count). The van der Waals surface area contributed by atoms with Crippen LogP contribution >= 0.6 is 69.6 Å². The summed E-state index contributed by atoms with van der Waals surface area (Å²) in [5.41, 5.74) is 3.65. The number of amides is 10. The van der Waals surface area contributed by atoms with Gasteiger partial charge in [0, 0.05) is 156 Å². The Labute approximate surface area is 845 Å². The molecule has 0 aliphatic carbocycles. The Bertz CT molecular complexity index is 7180. The molecule has 740 valence electrons. The lowest BCUT2D eigenvalue weighted by Gasteiger charge is -2.35. The van der Waals surface area contributed by atoms with E-state index < -0.39 is 76.5 Å². The van der Waals surface area contributed by atoms with Crippen molar-refractivity contribution >= 4 is 182 Å². The molecule has 9 N–H and O–H groups in total. The molecular weight excluding hydrogens is 2010 g/mol. The molecule has 3 aromatic heterocycles. The highest BCUT2D eigenvalue weighted by Gasteiger charge is 2.37. The van der Waals surface area contributed by atoms with Crippen molar-refractivity contribution in [2.24, 2.45) is 0 Å². The van der Waals surface area contributed by atoms with Gasteiger partial charge in [-0.3, -0.25) is 38.4 Å². The number of hydrogen-bond donors (Lipinski definition) is 9. The number of nitrogens with zero attached hydrogens (tertiary/aromatic N) is 7. The van der Waals surface area contributed by atoms with Crippen molar-refractivity contribution in [2.45, 2.75) is 102 Å². The van der Waals surface area contributed by atoms with Crippen LogP contribution in [0.25, 0.3) is 31.7 Å². The standard InChI is InChI=1S/C34H33N5O7S2.C29H25N5O5S2.C25H17N3O6S2.C9H18N2O2.CH2Cl2.ClH/c1-34(2,3)46-33(43)39-16-14-38(15-17-39)32(42)22-10-8-21(9-11-22)31-36-20-24(47-31)19-35-29(40)23-12-13-28-26(18-23)37-30(41)25-6-4-5-7-27(25)48(28,44)45;35-26(20-9-10-25-23(15-20)33-27(36)22-3-1-2-4-24(22)41(25,38)39)31-16-21-17-32-28(40-21)18-5-7-19(8-6-18)29(37)34-13-11-30-12-14-34;29-22(26-12-17-13-27-24(35-17)14-5-7-15(8-6-14)25(31)32)16-9-10-21-19(11-16)28-23(30)18-3-1-2-4-20(18)36(21,33)34;1-9(2,3)13-8(12)11-6-4-10-5-7-11;2-1-3;/h4-13,18,20H,14-17,19H2,1-3H3,(H,35,40)(H,37,41);1-10,15,17,30H,11-14,16H2,(H,31,35)(H,33,36);1-11,13H,12H2,(H,26,29)(H,28,30)(H,31,32);10H,4-7H2,1-3H3;1H2;1H. The zero-order valence-electron chi connectivity index (χ0n) is 77.0. The maximum atomic E-state index is 13.2. The van der Waals surface area contributed by atoms with Crippen LogP contribution in [-0.4, -0.2) is 225 Å². The second kappa shape index (κ2) is 45.9. The van der Waals surface area contributed by atoms with Gasteiger partial charge in [-0.25, -0.2) is 54.6 Å². The van der Waals surface area contributed by atoms with Gasteiger partial charge < -0.3 is 76.7 Å². The van der Waals surface area contributed by atoms with Crippen molar-refractivity contribution < 1.29 is 92.6 Å². The highest BCUT2D eigenvalue weighted by Crippen LogP contribution is 2.39. The van der Waals surface area contributed by atoms with E-state index in [1.807, 2.05) is 70.7 Å². The number of alkyl halides is 2. The summed E-state index contributed by atoms with van der Waals surface area (Å²) >= 11 is 13.7. The van der Waals surface area contributed by atoms with Crippen LogP contribution in [0, 0.1) is 0 Å². The summed E-state index contributed by atoms with van der Waals surface area (Å²) in [7, 11) is -11.9. The maximum Gasteiger partial charge on any atom is 0.410 e. The van der Waals surface area contributed by atoms with Crippen molar-refractivity contribution in [3.63, 3.8) is 0 Å². The number of carboxylic acids is 1. The molecule has 0 unspecified atom stereocenters. The van der Waals surface area contributed by atoms with Crippen molar-refractivity contribution in [3.05, 3.63) is 283 Å². The number of halogens is 3. The molecule has 0 radical (unpaired) electrons. The van der Waals surface area contributed by atoms with E-state index in [0.29, 0.717) is 60.4 Å². The van der Waals surface area contributed by atoms with E-state index in [9.17, 15) is 78.0 Å². The number of carbonyl (C=O) groups excluding carboxylic acids is 10. The minimum atomic E-state index is -3.98. The lowest BCUT2D eigenvalue weighted by atomic mass is 10.1. The van der Waals surface area contributed by atoms with Crippen LogP contribution in [0.3, 0.4) is 0 Å². The first-order chi connectivity index (χ1) is 67.2. The number of nitrogens with one attached hydrogen (secondary N) is 8. The van der Waals surface area contributed by atoms with E-state index in [1.54, 1.807) is 106 Å². The van der Waals surface area contributed by atoms with Crippen LogP contribution in [0.4, 0.5) is 26.7 Å². The van der Waals surface area contributed by atoms with Crippen molar-refractivity contribution in [1.29, 1.82) is 0 Å². The number of aromatic carboxylic acids is 1. The molecule has 3 saturated heterocycles. The normalized spacial score (nSPS) is 15.0. The molecule has 10 amide bonds. The fraction of sp³-hybridized carbons (Fsp3) is 0.245. The molecule has 44 heteroatoms. The number of carboxylic acid groups (broad SMARTS) is 1. The van der Waals surface area contributed by atoms with E-state index >= 15 is 0 Å². The van der Waals surface area contributed by atoms with E-state index in [-0.39, 0.29) is 152 Å². The molecule has 0 bridgehead atoms. The van der Waals surface area contributed by atoms with Crippen LogP contribution in [0.1, 0.15) is 149 Å². The average molecular weight is 2100 g/mol. The predicted molar refractivity (Wildman–Crippen MR) is 539 cm³/mol. The van der Waals surface area contributed by atoms with E-state index in [0.717, 1.165) is 75.6 Å². The van der Waals surface area contributed by atoms with Crippen LogP contribution in [0.15, 0.2) is 248 Å². The van der Waals surface area contributed by atoms with Crippen molar-refractivity contribution in [2.75, 3.05) is 99.8 Å². The third-order valence-electron chi connectivity index (χ3n) is 22.1. The number of benzene rings is 9. The van der Waals surface area contributed by atoms with Gasteiger partial charge in [-0.1, -0.05) is 72.8 Å². The Hall–Kier alpha value is -13.7. The fourth-order valence-corrected chi connectivity index (χ4v) is 22.4. The summed E-state index contributed by atoms with van der Waals surface area (Å²) in [6.45, 7) is 19.5. The molecule has 6 aliphatic heterocycles. The molecule has 0 spiro atoms. The molecule has 12 aromatic rings. The minimum absolute atomic E-state index is 0. The summed E-state index contributed by atoms with van der Waals surface area (Å²) in [6, 6.07) is 51.0. The lowest BCUT2D eigenvalue weighted by Crippen LogP contribution is -2.51. The van der Waals surface area contributed by atoms with E-state index in [2.05, 4.69) is 57.5 Å². The third-order valence-corrected chi connectivity index (χ3v) is 30.8. The quantitative estimate of drug-likeness (QED) is 0.0430. The average Bonchev–Trinajstić information content (AvgIpc) is 1.60. The van der Waals surface area contributed by atoms with Gasteiger partial charge in [-0.05, 0) is 169 Å². The number of hydrogen-bond acceptors (Lipinski definition) is 27. The minimum Gasteiger partial charge on any atom is -0.478 e.